The van der Waals surface area contributed by atoms with Gasteiger partial charge < -0.3 is 4.74 Å². The highest BCUT2D eigenvalue weighted by Crippen LogP contribution is 2.56. The molecule has 1 aliphatic carbocycles. The maximum atomic E-state index is 6.36. The number of ether oxygens (including phenoxy) is 1. The molecule has 17 heavy (non-hydrogen) atoms. The van der Waals surface area contributed by atoms with Crippen LogP contribution in [0.5, 0.6) is 0 Å². The minimum absolute atomic E-state index is 0.0678. The molecule has 0 N–H and O–H groups in total. The van der Waals surface area contributed by atoms with E-state index in [4.69, 9.17) is 4.74 Å². The Bertz CT molecular complexity index is 470. The molecule has 3 aliphatic rings. The van der Waals surface area contributed by atoms with Crippen molar-refractivity contribution in [2.75, 3.05) is 0 Å². The van der Waals surface area contributed by atoms with Crippen LogP contribution in [0.4, 0.5) is 0 Å². The Morgan fingerprint density at radius 2 is 1.88 bits per heavy atom. The normalized spacial score (nSPS) is 35.2. The fourth-order valence-electron chi connectivity index (χ4n) is 3.92. The Labute approximate surface area is 102 Å². The standard InChI is InChI=1S/C16H18O/c1-2-6-12(7-3-1)16-11-10-15(17-16)13-8-4-5-9-14(13)16/h4-5,8-12,15H,1-3,6-7H2/t15-,16-/m0/s1. The lowest BCUT2D eigenvalue weighted by Crippen LogP contribution is -2.33. The summed E-state index contributed by atoms with van der Waals surface area (Å²) >= 11 is 0. The van der Waals surface area contributed by atoms with E-state index in [-0.39, 0.29) is 11.7 Å². The van der Waals surface area contributed by atoms with E-state index < -0.39 is 0 Å². The van der Waals surface area contributed by atoms with E-state index in [2.05, 4.69) is 36.4 Å². The van der Waals surface area contributed by atoms with Gasteiger partial charge in [0.25, 0.3) is 0 Å². The molecule has 1 nitrogen and oxygen atoms in total. The van der Waals surface area contributed by atoms with E-state index in [1.165, 1.54) is 43.2 Å². The van der Waals surface area contributed by atoms with Crippen molar-refractivity contribution in [3.8, 4) is 0 Å². The van der Waals surface area contributed by atoms with Gasteiger partial charge in [0.1, 0.15) is 11.7 Å². The smallest absolute Gasteiger partial charge is 0.116 e. The van der Waals surface area contributed by atoms with Gasteiger partial charge in [0, 0.05) is 0 Å². The van der Waals surface area contributed by atoms with E-state index in [0.29, 0.717) is 5.92 Å². The summed E-state index contributed by atoms with van der Waals surface area (Å²) in [6.07, 6.45) is 11.6. The molecular weight excluding hydrogens is 208 g/mol. The Kier molecular flexibility index (Phi) is 2.01. The summed E-state index contributed by atoms with van der Waals surface area (Å²) in [7, 11) is 0. The van der Waals surface area contributed by atoms with E-state index in [0.717, 1.165) is 0 Å². The second-order valence-corrected chi connectivity index (χ2v) is 5.61. The predicted molar refractivity (Wildman–Crippen MR) is 67.7 cm³/mol. The molecule has 2 heterocycles. The second kappa shape index (κ2) is 3.46. The summed E-state index contributed by atoms with van der Waals surface area (Å²) in [6, 6.07) is 8.79. The lowest BCUT2D eigenvalue weighted by Gasteiger charge is -2.36. The molecule has 1 saturated carbocycles. The molecule has 0 amide bonds. The monoisotopic (exact) mass is 226 g/mol. The average Bonchev–Trinajstić information content (AvgIpc) is 2.98. The van der Waals surface area contributed by atoms with Gasteiger partial charge in [-0.15, -0.1) is 0 Å². The van der Waals surface area contributed by atoms with Gasteiger partial charge in [0.2, 0.25) is 0 Å². The van der Waals surface area contributed by atoms with E-state index in [9.17, 15) is 0 Å². The van der Waals surface area contributed by atoms with Crippen LogP contribution in [0.25, 0.3) is 0 Å². The SMILES string of the molecule is C1=C[C@@]2(C3CCCCC3)O[C@@H]1c1ccccc12. The maximum Gasteiger partial charge on any atom is 0.116 e. The Hall–Kier alpha value is -1.08. The third-order valence-corrected chi connectivity index (χ3v) is 4.74. The van der Waals surface area contributed by atoms with Gasteiger partial charge in [0.15, 0.2) is 0 Å². The van der Waals surface area contributed by atoms with Crippen LogP contribution in [0.15, 0.2) is 36.4 Å². The van der Waals surface area contributed by atoms with Gasteiger partial charge in [-0.2, -0.15) is 0 Å². The first kappa shape index (κ1) is 9.90. The van der Waals surface area contributed by atoms with Crippen molar-refractivity contribution in [2.45, 2.75) is 43.8 Å². The summed E-state index contributed by atoms with van der Waals surface area (Å²) < 4.78 is 6.36. The van der Waals surface area contributed by atoms with Gasteiger partial charge in [-0.1, -0.05) is 49.6 Å². The fraction of sp³-hybridized carbons (Fsp3) is 0.500. The molecule has 4 rings (SSSR count). The van der Waals surface area contributed by atoms with Crippen molar-refractivity contribution in [3.63, 3.8) is 0 Å². The van der Waals surface area contributed by atoms with Crippen LogP contribution in [0.2, 0.25) is 0 Å². The molecule has 0 spiro atoms. The molecule has 0 aromatic heterocycles. The van der Waals surface area contributed by atoms with Gasteiger partial charge in [-0.25, -0.2) is 0 Å². The lowest BCUT2D eigenvalue weighted by atomic mass is 9.72. The molecule has 0 unspecified atom stereocenters. The van der Waals surface area contributed by atoms with Crippen LogP contribution in [0.1, 0.15) is 49.3 Å². The number of benzene rings is 1. The minimum atomic E-state index is -0.0678. The Balaban J connectivity index is 1.80. The first-order valence-corrected chi connectivity index (χ1v) is 6.87. The van der Waals surface area contributed by atoms with Crippen LogP contribution in [0.3, 0.4) is 0 Å². The highest BCUT2D eigenvalue weighted by molar-refractivity contribution is 5.47. The Morgan fingerprint density at radius 1 is 1.06 bits per heavy atom. The first-order valence-electron chi connectivity index (χ1n) is 6.87. The molecule has 0 saturated heterocycles. The molecule has 1 aromatic rings. The molecule has 2 aliphatic heterocycles. The van der Waals surface area contributed by atoms with E-state index >= 15 is 0 Å². The molecule has 1 heteroatoms. The van der Waals surface area contributed by atoms with Crippen molar-refractivity contribution < 1.29 is 4.74 Å². The summed E-state index contributed by atoms with van der Waals surface area (Å²) in [5, 5.41) is 0. The molecule has 0 radical (unpaired) electrons. The Morgan fingerprint density at radius 3 is 2.76 bits per heavy atom. The second-order valence-electron chi connectivity index (χ2n) is 5.61. The zero-order valence-electron chi connectivity index (χ0n) is 10.1. The van der Waals surface area contributed by atoms with Gasteiger partial charge in [-0.3, -0.25) is 0 Å². The van der Waals surface area contributed by atoms with E-state index in [1.54, 1.807) is 0 Å². The van der Waals surface area contributed by atoms with Crippen molar-refractivity contribution in [1.82, 2.24) is 0 Å². The van der Waals surface area contributed by atoms with Gasteiger partial charge in [-0.05, 0) is 36.0 Å². The number of fused-ring (bicyclic) bond motifs is 5. The summed E-state index contributed by atoms with van der Waals surface area (Å²) in [5.41, 5.74) is 2.78. The molecule has 2 atom stereocenters. The quantitative estimate of drug-likeness (QED) is 0.655. The predicted octanol–water partition coefficient (Wildman–Crippen LogP) is 4.10. The third kappa shape index (κ3) is 1.23. The molecule has 88 valence electrons. The summed E-state index contributed by atoms with van der Waals surface area (Å²) in [5.74, 6) is 0.696. The first-order chi connectivity index (χ1) is 8.40. The van der Waals surface area contributed by atoms with Crippen LogP contribution >= 0.6 is 0 Å². The summed E-state index contributed by atoms with van der Waals surface area (Å²) in [4.78, 5) is 0. The highest BCUT2D eigenvalue weighted by Gasteiger charge is 2.51. The third-order valence-electron chi connectivity index (χ3n) is 4.74. The molecule has 1 fully saturated rings. The minimum Gasteiger partial charge on any atom is -0.354 e. The van der Waals surface area contributed by atoms with Crippen LogP contribution in [0, 0.1) is 5.92 Å². The fourth-order valence-corrected chi connectivity index (χ4v) is 3.92. The molecule has 1 aromatic carbocycles. The van der Waals surface area contributed by atoms with Crippen molar-refractivity contribution in [1.29, 1.82) is 0 Å². The van der Waals surface area contributed by atoms with Crippen LogP contribution < -0.4 is 0 Å². The van der Waals surface area contributed by atoms with Gasteiger partial charge >= 0.3 is 0 Å². The highest BCUT2D eigenvalue weighted by atomic mass is 16.5. The van der Waals surface area contributed by atoms with E-state index in [1.807, 2.05) is 0 Å². The number of rotatable bonds is 1. The zero-order chi connectivity index (χ0) is 11.3. The number of hydrogen-bond acceptors (Lipinski definition) is 1. The summed E-state index contributed by atoms with van der Waals surface area (Å²) in [6.45, 7) is 0. The maximum absolute atomic E-state index is 6.36. The average molecular weight is 226 g/mol. The van der Waals surface area contributed by atoms with Crippen LogP contribution in [-0.2, 0) is 10.3 Å². The zero-order valence-corrected chi connectivity index (χ0v) is 10.1. The van der Waals surface area contributed by atoms with Crippen molar-refractivity contribution >= 4 is 0 Å². The van der Waals surface area contributed by atoms with Gasteiger partial charge in [0.05, 0.1) is 0 Å². The van der Waals surface area contributed by atoms with Crippen molar-refractivity contribution in [2.24, 2.45) is 5.92 Å². The topological polar surface area (TPSA) is 9.23 Å². The van der Waals surface area contributed by atoms with Crippen molar-refractivity contribution in [3.05, 3.63) is 47.5 Å². The largest absolute Gasteiger partial charge is 0.354 e. The lowest BCUT2D eigenvalue weighted by molar-refractivity contribution is -0.0553. The molecule has 2 bridgehead atoms. The van der Waals surface area contributed by atoms with Crippen LogP contribution in [-0.4, -0.2) is 0 Å². The number of hydrogen-bond donors (Lipinski definition) is 0. The molecular formula is C16H18O.